The SMILES string of the molecule is C[C@H](Cc1ccccc1)CC(C)(C)OC[C@H]1CC1(C)OC[C@H](C)N. The van der Waals surface area contributed by atoms with E-state index >= 15 is 0 Å². The van der Waals surface area contributed by atoms with Gasteiger partial charge in [-0.05, 0) is 58.4 Å². The van der Waals surface area contributed by atoms with E-state index in [4.69, 9.17) is 15.2 Å². The lowest BCUT2D eigenvalue weighted by Gasteiger charge is -2.29. The molecule has 2 rings (SSSR count). The Morgan fingerprint density at radius 2 is 1.92 bits per heavy atom. The molecule has 0 saturated heterocycles. The molecular weight excluding hydrogens is 298 g/mol. The first-order chi connectivity index (χ1) is 11.2. The van der Waals surface area contributed by atoms with E-state index < -0.39 is 0 Å². The molecule has 24 heavy (non-hydrogen) atoms. The summed E-state index contributed by atoms with van der Waals surface area (Å²) in [6.45, 7) is 12.3. The van der Waals surface area contributed by atoms with Crippen LogP contribution in [0, 0.1) is 11.8 Å². The Morgan fingerprint density at radius 3 is 2.54 bits per heavy atom. The molecule has 3 heteroatoms. The molecule has 0 amide bonds. The zero-order valence-electron chi connectivity index (χ0n) is 16.0. The van der Waals surface area contributed by atoms with E-state index in [-0.39, 0.29) is 17.2 Å². The number of nitrogens with two attached hydrogens (primary N) is 1. The molecule has 0 bridgehead atoms. The van der Waals surface area contributed by atoms with Crippen molar-refractivity contribution in [1.82, 2.24) is 0 Å². The van der Waals surface area contributed by atoms with Crippen molar-refractivity contribution in [2.75, 3.05) is 13.2 Å². The van der Waals surface area contributed by atoms with E-state index in [1.807, 2.05) is 6.92 Å². The maximum Gasteiger partial charge on any atom is 0.0710 e. The van der Waals surface area contributed by atoms with Gasteiger partial charge in [-0.25, -0.2) is 0 Å². The fourth-order valence-corrected chi connectivity index (χ4v) is 3.48. The number of hydrogen-bond acceptors (Lipinski definition) is 3. The van der Waals surface area contributed by atoms with Crippen molar-refractivity contribution in [3.05, 3.63) is 35.9 Å². The second-order valence-electron chi connectivity index (χ2n) is 8.57. The zero-order valence-corrected chi connectivity index (χ0v) is 16.0. The molecule has 1 fully saturated rings. The first-order valence-electron chi connectivity index (χ1n) is 9.27. The Balaban J connectivity index is 1.72. The van der Waals surface area contributed by atoms with Crippen LogP contribution in [-0.4, -0.2) is 30.5 Å². The molecule has 0 heterocycles. The molecular formula is C21H35NO2. The third kappa shape index (κ3) is 6.19. The molecule has 0 radical (unpaired) electrons. The molecule has 0 spiro atoms. The first-order valence-corrected chi connectivity index (χ1v) is 9.27. The van der Waals surface area contributed by atoms with Gasteiger partial charge in [-0.3, -0.25) is 0 Å². The minimum Gasteiger partial charge on any atom is -0.375 e. The highest BCUT2D eigenvalue weighted by atomic mass is 16.5. The van der Waals surface area contributed by atoms with Gasteiger partial charge in [-0.1, -0.05) is 37.3 Å². The summed E-state index contributed by atoms with van der Waals surface area (Å²) in [7, 11) is 0. The van der Waals surface area contributed by atoms with Crippen molar-refractivity contribution < 1.29 is 9.47 Å². The van der Waals surface area contributed by atoms with Gasteiger partial charge in [0.15, 0.2) is 0 Å². The third-order valence-corrected chi connectivity index (χ3v) is 4.97. The predicted octanol–water partition coefficient (Wildman–Crippen LogP) is 4.19. The molecule has 0 aromatic heterocycles. The standard InChI is InChI=1S/C21H35NO2/c1-16(11-18-9-7-6-8-10-18)12-20(3,4)23-15-19-13-21(19,5)24-14-17(2)22/h6-10,16-17,19H,11-15,22H2,1-5H3/t16-,17+,19-,21?/m1/s1. The average molecular weight is 334 g/mol. The van der Waals surface area contributed by atoms with Gasteiger partial charge in [0.05, 0.1) is 24.4 Å². The number of benzene rings is 1. The topological polar surface area (TPSA) is 44.5 Å². The smallest absolute Gasteiger partial charge is 0.0710 e. The van der Waals surface area contributed by atoms with Gasteiger partial charge in [0, 0.05) is 12.0 Å². The molecule has 1 aliphatic carbocycles. The van der Waals surface area contributed by atoms with Crippen molar-refractivity contribution in [3.8, 4) is 0 Å². The highest BCUT2D eigenvalue weighted by molar-refractivity contribution is 5.15. The fraction of sp³-hybridized carbons (Fsp3) is 0.714. The van der Waals surface area contributed by atoms with Crippen molar-refractivity contribution >= 4 is 0 Å². The molecule has 0 aliphatic heterocycles. The summed E-state index contributed by atoms with van der Waals surface area (Å²) >= 11 is 0. The lowest BCUT2D eigenvalue weighted by molar-refractivity contribution is -0.0540. The van der Waals surface area contributed by atoms with Gasteiger partial charge >= 0.3 is 0 Å². The van der Waals surface area contributed by atoms with Gasteiger partial charge in [0.25, 0.3) is 0 Å². The van der Waals surface area contributed by atoms with Crippen LogP contribution in [0.4, 0.5) is 0 Å². The lowest BCUT2D eigenvalue weighted by Crippen LogP contribution is -2.31. The van der Waals surface area contributed by atoms with Crippen molar-refractivity contribution in [2.24, 2.45) is 17.6 Å². The molecule has 3 nitrogen and oxygen atoms in total. The Kier molecular flexibility index (Phi) is 6.46. The fourth-order valence-electron chi connectivity index (χ4n) is 3.48. The predicted molar refractivity (Wildman–Crippen MR) is 100 cm³/mol. The minimum atomic E-state index is -0.0984. The molecule has 1 unspecified atom stereocenters. The number of rotatable bonds is 10. The zero-order chi connectivity index (χ0) is 17.8. The van der Waals surface area contributed by atoms with E-state index in [9.17, 15) is 0 Å². The molecule has 1 aromatic rings. The average Bonchev–Trinajstić information content (AvgIpc) is 3.15. The number of hydrogen-bond donors (Lipinski definition) is 1. The second-order valence-corrected chi connectivity index (χ2v) is 8.57. The van der Waals surface area contributed by atoms with Crippen LogP contribution in [0.1, 0.15) is 53.0 Å². The Bertz CT molecular complexity index is 500. The first kappa shape index (κ1) is 19.4. The molecule has 1 saturated carbocycles. The summed E-state index contributed by atoms with van der Waals surface area (Å²) < 4.78 is 12.2. The van der Waals surface area contributed by atoms with Gasteiger partial charge in [-0.2, -0.15) is 0 Å². The maximum absolute atomic E-state index is 6.25. The van der Waals surface area contributed by atoms with Crippen LogP contribution in [0.3, 0.4) is 0 Å². The highest BCUT2D eigenvalue weighted by Gasteiger charge is 2.52. The van der Waals surface area contributed by atoms with E-state index in [1.54, 1.807) is 0 Å². The van der Waals surface area contributed by atoms with Crippen LogP contribution in [0.2, 0.25) is 0 Å². The molecule has 2 N–H and O–H groups in total. The van der Waals surface area contributed by atoms with Gasteiger partial charge in [0.2, 0.25) is 0 Å². The lowest BCUT2D eigenvalue weighted by atomic mass is 9.90. The summed E-state index contributed by atoms with van der Waals surface area (Å²) in [5.41, 5.74) is 7.05. The summed E-state index contributed by atoms with van der Waals surface area (Å²) in [6.07, 6.45) is 3.24. The van der Waals surface area contributed by atoms with Gasteiger partial charge in [-0.15, -0.1) is 0 Å². The van der Waals surface area contributed by atoms with E-state index in [0.29, 0.717) is 18.4 Å². The van der Waals surface area contributed by atoms with Crippen LogP contribution in [0.25, 0.3) is 0 Å². The number of ether oxygens (including phenoxy) is 2. The van der Waals surface area contributed by atoms with Crippen molar-refractivity contribution in [2.45, 2.75) is 71.1 Å². The quantitative estimate of drug-likeness (QED) is 0.698. The van der Waals surface area contributed by atoms with E-state index in [2.05, 4.69) is 58.0 Å². The maximum atomic E-state index is 6.25. The van der Waals surface area contributed by atoms with Crippen LogP contribution in [-0.2, 0) is 15.9 Å². The van der Waals surface area contributed by atoms with Crippen LogP contribution in [0.5, 0.6) is 0 Å². The van der Waals surface area contributed by atoms with Crippen molar-refractivity contribution in [1.29, 1.82) is 0 Å². The highest BCUT2D eigenvalue weighted by Crippen LogP contribution is 2.47. The molecule has 1 aromatic carbocycles. The van der Waals surface area contributed by atoms with Crippen LogP contribution in [0.15, 0.2) is 30.3 Å². The Hall–Kier alpha value is -0.900. The second kappa shape index (κ2) is 7.99. The van der Waals surface area contributed by atoms with Crippen LogP contribution >= 0.6 is 0 Å². The van der Waals surface area contributed by atoms with E-state index in [1.165, 1.54) is 5.56 Å². The summed E-state index contributed by atoms with van der Waals surface area (Å²) in [4.78, 5) is 0. The summed E-state index contributed by atoms with van der Waals surface area (Å²) in [5.74, 6) is 1.10. The minimum absolute atomic E-state index is 0.0284. The summed E-state index contributed by atoms with van der Waals surface area (Å²) in [6, 6.07) is 10.8. The largest absolute Gasteiger partial charge is 0.375 e. The molecule has 4 atom stereocenters. The normalized spacial score (nSPS) is 26.2. The van der Waals surface area contributed by atoms with Crippen molar-refractivity contribution in [3.63, 3.8) is 0 Å². The summed E-state index contributed by atoms with van der Waals surface area (Å²) in [5, 5.41) is 0. The van der Waals surface area contributed by atoms with E-state index in [0.717, 1.165) is 25.9 Å². The third-order valence-electron chi connectivity index (χ3n) is 4.97. The molecule has 1 aliphatic rings. The monoisotopic (exact) mass is 333 g/mol. The van der Waals surface area contributed by atoms with Gasteiger partial charge in [0.1, 0.15) is 0 Å². The van der Waals surface area contributed by atoms with Gasteiger partial charge < -0.3 is 15.2 Å². The Labute approximate surface area is 147 Å². The Morgan fingerprint density at radius 1 is 1.25 bits per heavy atom. The van der Waals surface area contributed by atoms with Crippen LogP contribution < -0.4 is 5.73 Å². The molecule has 136 valence electrons.